The van der Waals surface area contributed by atoms with Crippen molar-refractivity contribution in [1.29, 1.82) is 0 Å². The molecule has 1 aliphatic heterocycles. The van der Waals surface area contributed by atoms with Gasteiger partial charge in [0.05, 0.1) is 4.90 Å². The number of nitrogens with zero attached hydrogens (tertiary/aromatic N) is 2. The van der Waals surface area contributed by atoms with Gasteiger partial charge in [-0.25, -0.2) is 13.2 Å². The van der Waals surface area contributed by atoms with E-state index in [1.165, 1.54) is 4.31 Å². The van der Waals surface area contributed by atoms with Crippen molar-refractivity contribution >= 4 is 21.6 Å². The average molecular weight is 442 g/mol. The minimum absolute atomic E-state index is 0.168. The molecule has 1 saturated heterocycles. The quantitative estimate of drug-likeness (QED) is 0.625. The molecule has 0 spiro atoms. The molecule has 10 heteroatoms. The van der Waals surface area contributed by atoms with Crippen LogP contribution in [0.25, 0.3) is 11.4 Å². The molecular formula is C21H22N4O5S. The van der Waals surface area contributed by atoms with E-state index >= 15 is 0 Å². The van der Waals surface area contributed by atoms with Crippen LogP contribution in [0.1, 0.15) is 18.4 Å². The van der Waals surface area contributed by atoms with Gasteiger partial charge in [0.15, 0.2) is 5.82 Å². The maximum atomic E-state index is 12.8. The number of benzene rings is 2. The van der Waals surface area contributed by atoms with E-state index in [-0.39, 0.29) is 35.6 Å². The number of carbonyl (C=O) groups excluding carboxylic acids is 1. The summed E-state index contributed by atoms with van der Waals surface area (Å²) < 4.78 is 31.6. The molecule has 0 aliphatic carbocycles. The highest BCUT2D eigenvalue weighted by molar-refractivity contribution is 7.89. The number of carbonyl (C=O) groups is 1. The van der Waals surface area contributed by atoms with Crippen LogP contribution in [0.5, 0.6) is 0 Å². The highest BCUT2D eigenvalue weighted by Crippen LogP contribution is 2.26. The van der Waals surface area contributed by atoms with E-state index in [0.29, 0.717) is 24.1 Å². The standard InChI is InChI=1S/C21H22N4O5S/c1-14-5-7-18(8-6-14)31(28,29)25-11-9-15(10-12-25)20(26)22-17-4-2-3-16(13-17)19-23-21(27)30-24-19/h2-8,13,15H,9-12H2,1H3,(H,22,26)(H,23,24,27). The maximum absolute atomic E-state index is 12.8. The molecule has 0 bridgehead atoms. The molecule has 2 N–H and O–H groups in total. The van der Waals surface area contributed by atoms with Gasteiger partial charge in [0.25, 0.3) is 0 Å². The largest absolute Gasteiger partial charge is 0.439 e. The summed E-state index contributed by atoms with van der Waals surface area (Å²) >= 11 is 0. The number of aromatic amines is 1. The fourth-order valence-corrected chi connectivity index (χ4v) is 5.03. The molecule has 31 heavy (non-hydrogen) atoms. The Balaban J connectivity index is 1.39. The molecule has 0 radical (unpaired) electrons. The summed E-state index contributed by atoms with van der Waals surface area (Å²) in [5.74, 6) is -0.842. The molecule has 162 valence electrons. The average Bonchev–Trinajstić information content (AvgIpc) is 3.21. The summed E-state index contributed by atoms with van der Waals surface area (Å²) in [6, 6.07) is 13.6. The molecule has 1 aliphatic rings. The number of aromatic nitrogens is 2. The molecule has 1 aromatic heterocycles. The molecule has 0 atom stereocenters. The Bertz CT molecular complexity index is 1240. The van der Waals surface area contributed by atoms with Crippen LogP contribution in [0.3, 0.4) is 0 Å². The van der Waals surface area contributed by atoms with Crippen LogP contribution in [-0.2, 0) is 14.8 Å². The number of rotatable bonds is 5. The second-order valence-corrected chi connectivity index (χ2v) is 9.44. The Kier molecular flexibility index (Phi) is 5.75. The number of piperidine rings is 1. The van der Waals surface area contributed by atoms with E-state index in [1.807, 2.05) is 6.92 Å². The molecule has 0 saturated carbocycles. The van der Waals surface area contributed by atoms with Crippen LogP contribution >= 0.6 is 0 Å². The van der Waals surface area contributed by atoms with E-state index in [9.17, 15) is 18.0 Å². The fourth-order valence-electron chi connectivity index (χ4n) is 3.56. The monoisotopic (exact) mass is 442 g/mol. The van der Waals surface area contributed by atoms with Crippen LogP contribution in [0, 0.1) is 12.8 Å². The zero-order valence-corrected chi connectivity index (χ0v) is 17.7. The molecule has 1 fully saturated rings. The minimum Gasteiger partial charge on any atom is -0.326 e. The van der Waals surface area contributed by atoms with Crippen molar-refractivity contribution in [3.63, 3.8) is 0 Å². The van der Waals surface area contributed by atoms with Gasteiger partial charge >= 0.3 is 5.76 Å². The number of hydrogen-bond donors (Lipinski definition) is 2. The Hall–Kier alpha value is -3.24. The summed E-state index contributed by atoms with van der Waals surface area (Å²) in [4.78, 5) is 26.6. The highest BCUT2D eigenvalue weighted by Gasteiger charge is 2.32. The van der Waals surface area contributed by atoms with Gasteiger partial charge < -0.3 is 5.32 Å². The number of H-pyrrole nitrogens is 1. The number of hydrogen-bond acceptors (Lipinski definition) is 6. The number of anilines is 1. The van der Waals surface area contributed by atoms with E-state index in [4.69, 9.17) is 0 Å². The van der Waals surface area contributed by atoms with Gasteiger partial charge in [0.2, 0.25) is 15.9 Å². The summed E-state index contributed by atoms with van der Waals surface area (Å²) in [7, 11) is -3.56. The Morgan fingerprint density at radius 1 is 1.16 bits per heavy atom. The number of amides is 1. The van der Waals surface area contributed by atoms with Gasteiger partial charge in [-0.05, 0) is 44.0 Å². The minimum atomic E-state index is -3.56. The third kappa shape index (κ3) is 4.59. The summed E-state index contributed by atoms with van der Waals surface area (Å²) in [5.41, 5.74) is 2.15. The third-order valence-electron chi connectivity index (χ3n) is 5.33. The van der Waals surface area contributed by atoms with Crippen molar-refractivity contribution in [3.8, 4) is 11.4 Å². The Labute approximate surface area is 179 Å². The fraction of sp³-hybridized carbons (Fsp3) is 0.286. The second kappa shape index (κ2) is 8.48. The van der Waals surface area contributed by atoms with Crippen molar-refractivity contribution in [2.24, 2.45) is 5.92 Å². The van der Waals surface area contributed by atoms with Gasteiger partial charge in [-0.3, -0.25) is 14.3 Å². The summed E-state index contributed by atoms with van der Waals surface area (Å²) in [6.07, 6.45) is 0.875. The molecular weight excluding hydrogens is 420 g/mol. The first-order valence-electron chi connectivity index (χ1n) is 9.87. The Morgan fingerprint density at radius 2 is 1.87 bits per heavy atom. The van der Waals surface area contributed by atoms with Crippen molar-refractivity contribution in [1.82, 2.24) is 14.4 Å². The van der Waals surface area contributed by atoms with Gasteiger partial charge in [0.1, 0.15) is 0 Å². The maximum Gasteiger partial charge on any atom is 0.439 e. The first-order chi connectivity index (χ1) is 14.8. The molecule has 2 aromatic carbocycles. The SMILES string of the molecule is Cc1ccc(S(=O)(=O)N2CCC(C(=O)Nc3cccc(-c4noc(=O)[nH]4)c3)CC2)cc1. The zero-order chi connectivity index (χ0) is 22.0. The van der Waals surface area contributed by atoms with Gasteiger partial charge in [0, 0.05) is 30.3 Å². The Morgan fingerprint density at radius 3 is 2.52 bits per heavy atom. The van der Waals surface area contributed by atoms with Crippen LogP contribution in [0.2, 0.25) is 0 Å². The lowest BCUT2D eigenvalue weighted by Crippen LogP contribution is -2.41. The molecule has 3 aromatic rings. The first-order valence-corrected chi connectivity index (χ1v) is 11.3. The van der Waals surface area contributed by atoms with E-state index < -0.39 is 15.8 Å². The van der Waals surface area contributed by atoms with Crippen molar-refractivity contribution in [2.45, 2.75) is 24.7 Å². The van der Waals surface area contributed by atoms with Crippen LogP contribution in [0.4, 0.5) is 5.69 Å². The molecule has 1 amide bonds. The number of nitrogens with one attached hydrogen (secondary N) is 2. The zero-order valence-electron chi connectivity index (χ0n) is 16.9. The third-order valence-corrected chi connectivity index (χ3v) is 7.24. The van der Waals surface area contributed by atoms with E-state index in [1.54, 1.807) is 48.5 Å². The van der Waals surface area contributed by atoms with E-state index in [2.05, 4.69) is 20.0 Å². The lowest BCUT2D eigenvalue weighted by molar-refractivity contribution is -0.120. The lowest BCUT2D eigenvalue weighted by atomic mass is 9.97. The predicted molar refractivity (Wildman–Crippen MR) is 114 cm³/mol. The molecule has 0 unspecified atom stereocenters. The summed E-state index contributed by atoms with van der Waals surface area (Å²) in [6.45, 7) is 2.48. The topological polar surface area (TPSA) is 125 Å². The van der Waals surface area contributed by atoms with Gasteiger partial charge in [-0.15, -0.1) is 0 Å². The number of sulfonamides is 1. The summed E-state index contributed by atoms with van der Waals surface area (Å²) in [5, 5.41) is 6.50. The van der Waals surface area contributed by atoms with Crippen molar-refractivity contribution in [2.75, 3.05) is 18.4 Å². The van der Waals surface area contributed by atoms with Crippen molar-refractivity contribution in [3.05, 3.63) is 64.6 Å². The van der Waals surface area contributed by atoms with Crippen LogP contribution < -0.4 is 11.1 Å². The molecule has 4 rings (SSSR count). The van der Waals surface area contributed by atoms with E-state index in [0.717, 1.165) is 5.56 Å². The van der Waals surface area contributed by atoms with Gasteiger partial charge in [-0.2, -0.15) is 4.31 Å². The lowest BCUT2D eigenvalue weighted by Gasteiger charge is -2.30. The number of aryl methyl sites for hydroxylation is 1. The highest BCUT2D eigenvalue weighted by atomic mass is 32.2. The smallest absolute Gasteiger partial charge is 0.326 e. The van der Waals surface area contributed by atoms with Crippen LogP contribution in [0.15, 0.2) is 62.7 Å². The van der Waals surface area contributed by atoms with Crippen molar-refractivity contribution < 1.29 is 17.7 Å². The molecule has 2 heterocycles. The van der Waals surface area contributed by atoms with Crippen LogP contribution in [-0.4, -0.2) is 41.9 Å². The normalized spacial score (nSPS) is 15.6. The second-order valence-electron chi connectivity index (χ2n) is 7.51. The van der Waals surface area contributed by atoms with Gasteiger partial charge in [-0.1, -0.05) is 35.0 Å². The predicted octanol–water partition coefficient (Wildman–Crippen LogP) is 2.38. The first kappa shape index (κ1) is 21.0. The molecule has 9 nitrogen and oxygen atoms in total.